The predicted molar refractivity (Wildman–Crippen MR) is 140 cm³/mol. The summed E-state index contributed by atoms with van der Waals surface area (Å²) in [6.45, 7) is 1.09. The number of fused-ring (bicyclic) bond motifs is 4. The summed E-state index contributed by atoms with van der Waals surface area (Å²) < 4.78 is 29.9. The van der Waals surface area contributed by atoms with E-state index in [4.69, 9.17) is 0 Å². The molecule has 37 heavy (non-hydrogen) atoms. The highest BCUT2D eigenvalue weighted by molar-refractivity contribution is 6.08. The normalized spacial score (nSPS) is 14.4. The molecular formula is C30H25F2N3O2. The number of nitrogens with zero attached hydrogens (tertiary/aromatic N) is 3. The molecular weight excluding hydrogens is 472 g/mol. The van der Waals surface area contributed by atoms with Gasteiger partial charge in [-0.05, 0) is 53.6 Å². The number of urea groups is 1. The summed E-state index contributed by atoms with van der Waals surface area (Å²) in [7, 11) is 0. The highest BCUT2D eigenvalue weighted by atomic mass is 19.1. The maximum atomic E-state index is 14.0. The number of β-amino-alcohol motifs (C(OH)–C–C–N with tert-alkyl or cyclic N) is 1. The number of rotatable bonds is 6. The summed E-state index contributed by atoms with van der Waals surface area (Å²) in [4.78, 5) is 17.0. The molecule has 0 radical (unpaired) electrons. The average molecular weight is 498 g/mol. The summed E-state index contributed by atoms with van der Waals surface area (Å²) in [5, 5.41) is 12.3. The number of para-hydroxylation sites is 1. The Hall–Kier alpha value is -4.23. The zero-order chi connectivity index (χ0) is 25.5. The van der Waals surface area contributed by atoms with Crippen LogP contribution < -0.4 is 4.90 Å². The lowest BCUT2D eigenvalue weighted by molar-refractivity contribution is 0.106. The minimum Gasteiger partial charge on any atom is -0.389 e. The third kappa shape index (κ3) is 4.32. The van der Waals surface area contributed by atoms with Crippen molar-refractivity contribution in [2.75, 3.05) is 11.4 Å². The molecule has 0 fully saturated rings. The Balaban J connectivity index is 1.29. The van der Waals surface area contributed by atoms with E-state index in [9.17, 15) is 18.7 Å². The first kappa shape index (κ1) is 23.2. The average Bonchev–Trinajstić information content (AvgIpc) is 3.18. The predicted octanol–water partition coefficient (Wildman–Crippen LogP) is 6.08. The number of carbonyl (C=O) groups excluding carboxylic acids is 1. The van der Waals surface area contributed by atoms with Crippen LogP contribution in [0.25, 0.3) is 21.8 Å². The molecule has 5 aromatic rings. The van der Waals surface area contributed by atoms with Crippen molar-refractivity contribution in [1.29, 1.82) is 0 Å². The molecule has 5 nitrogen and oxygen atoms in total. The molecule has 0 spiro atoms. The molecule has 1 unspecified atom stereocenters. The van der Waals surface area contributed by atoms with Crippen LogP contribution in [0.4, 0.5) is 19.3 Å². The first-order valence-electron chi connectivity index (χ1n) is 12.2. The lowest BCUT2D eigenvalue weighted by Gasteiger charge is -2.38. The molecule has 0 saturated heterocycles. The molecule has 0 saturated carbocycles. The van der Waals surface area contributed by atoms with Crippen molar-refractivity contribution in [2.45, 2.75) is 25.7 Å². The fourth-order valence-electron chi connectivity index (χ4n) is 5.28. The molecule has 2 amide bonds. The zero-order valence-electron chi connectivity index (χ0n) is 20.0. The van der Waals surface area contributed by atoms with Gasteiger partial charge in [-0.25, -0.2) is 13.6 Å². The number of hydrogen-bond donors (Lipinski definition) is 1. The molecule has 186 valence electrons. The van der Waals surface area contributed by atoms with Crippen LogP contribution in [0.5, 0.6) is 0 Å². The van der Waals surface area contributed by atoms with Gasteiger partial charge in [0.1, 0.15) is 11.6 Å². The Bertz CT molecular complexity index is 1560. The van der Waals surface area contributed by atoms with Crippen LogP contribution >= 0.6 is 0 Å². The second kappa shape index (κ2) is 9.33. The van der Waals surface area contributed by atoms with Gasteiger partial charge in [0.15, 0.2) is 0 Å². The molecule has 1 aromatic heterocycles. The largest absolute Gasteiger partial charge is 0.389 e. The van der Waals surface area contributed by atoms with Gasteiger partial charge in [0.2, 0.25) is 0 Å². The maximum absolute atomic E-state index is 14.0. The molecule has 1 aliphatic heterocycles. The van der Waals surface area contributed by atoms with Crippen LogP contribution in [0.15, 0.2) is 91.0 Å². The van der Waals surface area contributed by atoms with Crippen LogP contribution in [-0.4, -0.2) is 33.3 Å². The summed E-state index contributed by atoms with van der Waals surface area (Å²) in [6.07, 6.45) is -0.901. The van der Waals surface area contributed by atoms with Crippen molar-refractivity contribution in [3.8, 4) is 0 Å². The molecule has 7 heteroatoms. The van der Waals surface area contributed by atoms with Gasteiger partial charge in [0, 0.05) is 28.4 Å². The highest BCUT2D eigenvalue weighted by Crippen LogP contribution is 2.32. The molecule has 1 aliphatic rings. The van der Waals surface area contributed by atoms with Gasteiger partial charge in [-0.1, -0.05) is 48.5 Å². The number of hydrogen-bond acceptors (Lipinski definition) is 2. The SMILES string of the molecule is O=C1N(CC(O)Cn2c3ccc(F)cc3c3cc(F)ccc32)Cc2ccccc2N1Cc1ccccc1. The summed E-state index contributed by atoms with van der Waals surface area (Å²) in [5.74, 6) is -0.820. The van der Waals surface area contributed by atoms with Crippen LogP contribution in [0.2, 0.25) is 0 Å². The van der Waals surface area contributed by atoms with E-state index in [-0.39, 0.29) is 19.1 Å². The lowest BCUT2D eigenvalue weighted by atomic mass is 10.1. The van der Waals surface area contributed by atoms with Crippen LogP contribution in [0.1, 0.15) is 11.1 Å². The van der Waals surface area contributed by atoms with Gasteiger partial charge in [-0.2, -0.15) is 0 Å². The van der Waals surface area contributed by atoms with Crippen molar-refractivity contribution in [2.24, 2.45) is 0 Å². The van der Waals surface area contributed by atoms with Gasteiger partial charge < -0.3 is 14.6 Å². The Morgan fingerprint density at radius 1 is 0.784 bits per heavy atom. The monoisotopic (exact) mass is 497 g/mol. The highest BCUT2D eigenvalue weighted by Gasteiger charge is 2.31. The Kier molecular flexibility index (Phi) is 5.85. The quantitative estimate of drug-likeness (QED) is 0.309. The molecule has 2 heterocycles. The molecule has 1 atom stereocenters. The zero-order valence-corrected chi connectivity index (χ0v) is 20.0. The molecule has 0 aliphatic carbocycles. The van der Waals surface area contributed by atoms with Crippen molar-refractivity contribution in [3.05, 3.63) is 114 Å². The van der Waals surface area contributed by atoms with Crippen LogP contribution in [0.3, 0.4) is 0 Å². The lowest BCUT2D eigenvalue weighted by Crippen LogP contribution is -2.49. The third-order valence-corrected chi connectivity index (χ3v) is 6.94. The van der Waals surface area contributed by atoms with Gasteiger partial charge in [0.25, 0.3) is 0 Å². The molecule has 4 aromatic carbocycles. The van der Waals surface area contributed by atoms with E-state index < -0.39 is 17.7 Å². The number of benzene rings is 4. The van der Waals surface area contributed by atoms with Crippen LogP contribution in [0, 0.1) is 11.6 Å². The molecule has 6 rings (SSSR count). The molecule has 1 N–H and O–H groups in total. The van der Waals surface area contributed by atoms with E-state index in [0.717, 1.165) is 16.8 Å². The van der Waals surface area contributed by atoms with Crippen LogP contribution in [-0.2, 0) is 19.6 Å². The fraction of sp³-hybridized carbons (Fsp3) is 0.167. The minimum atomic E-state index is -0.901. The first-order valence-corrected chi connectivity index (χ1v) is 12.2. The first-order chi connectivity index (χ1) is 18.0. The van der Waals surface area contributed by atoms with E-state index in [2.05, 4.69) is 0 Å². The van der Waals surface area contributed by atoms with Gasteiger partial charge >= 0.3 is 6.03 Å². The van der Waals surface area contributed by atoms with Gasteiger partial charge in [-0.3, -0.25) is 4.90 Å². The second-order valence-corrected chi connectivity index (χ2v) is 9.45. The number of carbonyl (C=O) groups is 1. The van der Waals surface area contributed by atoms with E-state index >= 15 is 0 Å². The van der Waals surface area contributed by atoms with E-state index in [1.807, 2.05) is 59.2 Å². The second-order valence-electron chi connectivity index (χ2n) is 9.45. The van der Waals surface area contributed by atoms with Gasteiger partial charge in [-0.15, -0.1) is 0 Å². The topological polar surface area (TPSA) is 48.7 Å². The third-order valence-electron chi connectivity index (χ3n) is 6.94. The number of aromatic nitrogens is 1. The minimum absolute atomic E-state index is 0.113. The number of aliphatic hydroxyl groups is 1. The van der Waals surface area contributed by atoms with Crippen molar-refractivity contribution in [3.63, 3.8) is 0 Å². The van der Waals surface area contributed by atoms with E-state index in [0.29, 0.717) is 34.9 Å². The Morgan fingerprint density at radius 3 is 2.08 bits per heavy atom. The Morgan fingerprint density at radius 2 is 1.41 bits per heavy atom. The fourth-order valence-corrected chi connectivity index (χ4v) is 5.28. The number of aliphatic hydroxyl groups excluding tert-OH is 1. The molecule has 0 bridgehead atoms. The maximum Gasteiger partial charge on any atom is 0.325 e. The summed E-state index contributed by atoms with van der Waals surface area (Å²) >= 11 is 0. The van der Waals surface area contributed by atoms with Crippen molar-refractivity contribution < 1.29 is 18.7 Å². The standard InChI is InChI=1S/C30H25F2N3O2/c31-22-10-12-28-25(14-22)26-15-23(32)11-13-29(26)34(28)19-24(36)18-33-17-21-8-4-5-9-27(21)35(30(33)37)16-20-6-2-1-3-7-20/h1-15,24,36H,16-19H2. The summed E-state index contributed by atoms with van der Waals surface area (Å²) in [5.41, 5.74) is 4.28. The number of amides is 2. The van der Waals surface area contributed by atoms with Crippen molar-refractivity contribution >= 4 is 33.5 Å². The van der Waals surface area contributed by atoms with E-state index in [1.165, 1.54) is 24.3 Å². The van der Waals surface area contributed by atoms with Gasteiger partial charge in [0.05, 0.1) is 31.4 Å². The number of anilines is 1. The van der Waals surface area contributed by atoms with Crippen molar-refractivity contribution in [1.82, 2.24) is 9.47 Å². The summed E-state index contributed by atoms with van der Waals surface area (Å²) in [6, 6.07) is 26.2. The van der Waals surface area contributed by atoms with E-state index in [1.54, 1.807) is 21.9 Å². The Labute approximate surface area is 212 Å². The smallest absolute Gasteiger partial charge is 0.325 e. The number of halogens is 2.